The number of hydrogen-bond acceptors (Lipinski definition) is 7. The van der Waals surface area contributed by atoms with Crippen molar-refractivity contribution in [1.82, 2.24) is 9.97 Å². The van der Waals surface area contributed by atoms with Crippen LogP contribution >= 0.6 is 11.6 Å². The molecule has 0 aliphatic carbocycles. The fraction of sp³-hybridized carbons (Fsp3) is 0.312. The number of hydrogen-bond donors (Lipinski definition) is 2. The minimum Gasteiger partial charge on any atom is -0.490 e. The van der Waals surface area contributed by atoms with Crippen LogP contribution in [0.25, 0.3) is 11.3 Å². The van der Waals surface area contributed by atoms with Gasteiger partial charge in [0.25, 0.3) is 0 Å². The van der Waals surface area contributed by atoms with Gasteiger partial charge in [0.1, 0.15) is 17.5 Å². The molecule has 0 saturated heterocycles. The summed E-state index contributed by atoms with van der Waals surface area (Å²) in [4.78, 5) is 7.91. The molecule has 126 valence electrons. The van der Waals surface area contributed by atoms with Gasteiger partial charge in [-0.25, -0.2) is 4.98 Å². The molecule has 0 atom stereocenters. The Morgan fingerprint density at radius 3 is 2.50 bits per heavy atom. The molecule has 7 nitrogen and oxygen atoms in total. The number of benzene rings is 1. The first-order valence-corrected chi connectivity index (χ1v) is 7.82. The quantitative estimate of drug-likeness (QED) is 0.823. The first-order chi connectivity index (χ1) is 11.5. The summed E-state index contributed by atoms with van der Waals surface area (Å²) in [5, 5.41) is 9.68. The van der Waals surface area contributed by atoms with E-state index in [1.54, 1.807) is 12.1 Å². The van der Waals surface area contributed by atoms with E-state index in [4.69, 9.17) is 32.5 Å². The predicted molar refractivity (Wildman–Crippen MR) is 93.0 cm³/mol. The molecular weight excluding hydrogens is 330 g/mol. The molecule has 4 N–H and O–H groups in total. The van der Waals surface area contributed by atoms with Crippen LogP contribution in [0.15, 0.2) is 12.1 Å². The molecule has 8 heteroatoms. The van der Waals surface area contributed by atoms with E-state index in [1.807, 2.05) is 19.9 Å². The highest BCUT2D eigenvalue weighted by Crippen LogP contribution is 2.39. The number of nitrogen functional groups attached to an aromatic ring is 2. The van der Waals surface area contributed by atoms with Crippen molar-refractivity contribution in [3.05, 3.63) is 22.7 Å². The van der Waals surface area contributed by atoms with Gasteiger partial charge in [0, 0.05) is 11.6 Å². The summed E-state index contributed by atoms with van der Waals surface area (Å²) in [6.07, 6.45) is 0.850. The molecule has 0 bridgehead atoms. The monoisotopic (exact) mass is 347 g/mol. The lowest BCUT2D eigenvalue weighted by atomic mass is 10.1. The van der Waals surface area contributed by atoms with Gasteiger partial charge in [-0.3, -0.25) is 0 Å². The normalized spacial score (nSPS) is 10.2. The Bertz CT molecular complexity index is 789. The number of nitrogens with two attached hydrogens (primary N) is 2. The molecule has 1 aromatic heterocycles. The van der Waals surface area contributed by atoms with Gasteiger partial charge in [-0.15, -0.1) is 0 Å². The Labute approximate surface area is 145 Å². The molecule has 0 saturated carbocycles. The second kappa shape index (κ2) is 7.70. The summed E-state index contributed by atoms with van der Waals surface area (Å²) < 4.78 is 11.3. The Kier molecular flexibility index (Phi) is 5.66. The van der Waals surface area contributed by atoms with Crippen molar-refractivity contribution in [2.45, 2.75) is 20.3 Å². The zero-order chi connectivity index (χ0) is 17.7. The molecule has 0 fully saturated rings. The smallest absolute Gasteiger partial charge is 0.222 e. The summed E-state index contributed by atoms with van der Waals surface area (Å²) in [7, 11) is 0. The van der Waals surface area contributed by atoms with Crippen LogP contribution in [-0.2, 0) is 0 Å². The highest BCUT2D eigenvalue weighted by atomic mass is 35.5. The molecule has 24 heavy (non-hydrogen) atoms. The molecule has 1 aromatic carbocycles. The largest absolute Gasteiger partial charge is 0.490 e. The third-order valence-corrected chi connectivity index (χ3v) is 3.43. The lowest BCUT2D eigenvalue weighted by molar-refractivity contribution is 0.277. The zero-order valence-electron chi connectivity index (χ0n) is 13.5. The molecule has 0 unspecified atom stereocenters. The maximum absolute atomic E-state index is 9.34. The van der Waals surface area contributed by atoms with Crippen LogP contribution in [0.3, 0.4) is 0 Å². The molecule has 0 spiro atoms. The Morgan fingerprint density at radius 1 is 1.17 bits per heavy atom. The van der Waals surface area contributed by atoms with Gasteiger partial charge >= 0.3 is 0 Å². The van der Waals surface area contributed by atoms with E-state index in [9.17, 15) is 5.26 Å². The van der Waals surface area contributed by atoms with Crippen molar-refractivity contribution >= 4 is 23.4 Å². The molecular formula is C16H18ClN5O2. The van der Waals surface area contributed by atoms with Gasteiger partial charge in [0.05, 0.1) is 23.9 Å². The minimum absolute atomic E-state index is 0.000311. The molecule has 0 radical (unpaired) electrons. The molecule has 0 amide bonds. The Morgan fingerprint density at radius 2 is 1.88 bits per heavy atom. The summed E-state index contributed by atoms with van der Waals surface area (Å²) in [5.41, 5.74) is 12.3. The van der Waals surface area contributed by atoms with Crippen molar-refractivity contribution in [1.29, 1.82) is 5.26 Å². The van der Waals surface area contributed by atoms with E-state index in [0.29, 0.717) is 35.3 Å². The number of rotatable bonds is 6. The average molecular weight is 348 g/mol. The van der Waals surface area contributed by atoms with Crippen LogP contribution in [0.2, 0.25) is 5.02 Å². The van der Waals surface area contributed by atoms with Crippen molar-refractivity contribution in [2.24, 2.45) is 0 Å². The Hall–Kier alpha value is -2.72. The molecule has 2 aromatic rings. The molecule has 0 aliphatic heterocycles. The number of aromatic nitrogens is 2. The van der Waals surface area contributed by atoms with Crippen LogP contribution in [0.1, 0.15) is 25.8 Å². The van der Waals surface area contributed by atoms with E-state index < -0.39 is 0 Å². The molecule has 0 aliphatic rings. The predicted octanol–water partition coefficient (Wildman–Crippen LogP) is 3.02. The molecule has 1 heterocycles. The standard InChI is InChI=1S/C16H18ClN5O2/c1-3-5-24-13-7-11(17)9(6-12(13)23-4-2)14-10(8-18)15(19)22-16(20)21-14/h6-7H,3-5H2,1-2H3,(H4,19,20,21,22). The van der Waals surface area contributed by atoms with Crippen LogP contribution in [0, 0.1) is 11.3 Å². The van der Waals surface area contributed by atoms with E-state index in [0.717, 1.165) is 6.42 Å². The first-order valence-electron chi connectivity index (χ1n) is 7.44. The van der Waals surface area contributed by atoms with Gasteiger partial charge in [-0.2, -0.15) is 10.2 Å². The van der Waals surface area contributed by atoms with Crippen molar-refractivity contribution in [3.8, 4) is 28.8 Å². The highest BCUT2D eigenvalue weighted by Gasteiger charge is 2.19. The number of halogens is 1. The SMILES string of the molecule is CCCOc1cc(Cl)c(-c2nc(N)nc(N)c2C#N)cc1OCC. The van der Waals surface area contributed by atoms with Crippen LogP contribution in [0.4, 0.5) is 11.8 Å². The van der Waals surface area contributed by atoms with Crippen LogP contribution < -0.4 is 20.9 Å². The third-order valence-electron chi connectivity index (χ3n) is 3.12. The minimum atomic E-state index is -0.0400. The number of nitrogens with zero attached hydrogens (tertiary/aromatic N) is 3. The fourth-order valence-corrected chi connectivity index (χ4v) is 2.35. The highest BCUT2D eigenvalue weighted by molar-refractivity contribution is 6.33. The fourth-order valence-electron chi connectivity index (χ4n) is 2.11. The Balaban J connectivity index is 2.63. The van der Waals surface area contributed by atoms with Crippen molar-refractivity contribution in [3.63, 3.8) is 0 Å². The molecule has 2 rings (SSSR count). The summed E-state index contributed by atoms with van der Waals surface area (Å²) in [6.45, 7) is 4.84. The van der Waals surface area contributed by atoms with E-state index in [-0.39, 0.29) is 23.0 Å². The number of nitriles is 1. The third kappa shape index (κ3) is 3.60. The number of anilines is 2. The zero-order valence-corrected chi connectivity index (χ0v) is 14.2. The lowest BCUT2D eigenvalue weighted by Crippen LogP contribution is -2.06. The van der Waals surface area contributed by atoms with Crippen LogP contribution in [-0.4, -0.2) is 23.2 Å². The average Bonchev–Trinajstić information content (AvgIpc) is 2.54. The van der Waals surface area contributed by atoms with Crippen molar-refractivity contribution in [2.75, 3.05) is 24.7 Å². The second-order valence-electron chi connectivity index (χ2n) is 4.86. The maximum Gasteiger partial charge on any atom is 0.222 e. The first kappa shape index (κ1) is 17.6. The maximum atomic E-state index is 9.34. The van der Waals surface area contributed by atoms with E-state index in [1.165, 1.54) is 0 Å². The number of ether oxygens (including phenoxy) is 2. The van der Waals surface area contributed by atoms with Gasteiger partial charge in [0.2, 0.25) is 5.95 Å². The lowest BCUT2D eigenvalue weighted by Gasteiger charge is -2.15. The summed E-state index contributed by atoms with van der Waals surface area (Å²) in [5.74, 6) is 0.994. The van der Waals surface area contributed by atoms with E-state index in [2.05, 4.69) is 9.97 Å². The summed E-state index contributed by atoms with van der Waals surface area (Å²) in [6, 6.07) is 5.28. The van der Waals surface area contributed by atoms with Crippen LogP contribution in [0.5, 0.6) is 11.5 Å². The van der Waals surface area contributed by atoms with Gasteiger partial charge in [-0.1, -0.05) is 18.5 Å². The van der Waals surface area contributed by atoms with E-state index >= 15 is 0 Å². The topological polar surface area (TPSA) is 120 Å². The second-order valence-corrected chi connectivity index (χ2v) is 5.27. The summed E-state index contributed by atoms with van der Waals surface area (Å²) >= 11 is 6.36. The van der Waals surface area contributed by atoms with Gasteiger partial charge < -0.3 is 20.9 Å². The van der Waals surface area contributed by atoms with Gasteiger partial charge in [0.15, 0.2) is 11.5 Å². The van der Waals surface area contributed by atoms with Crippen molar-refractivity contribution < 1.29 is 9.47 Å². The van der Waals surface area contributed by atoms with Gasteiger partial charge in [-0.05, 0) is 19.4 Å².